The van der Waals surface area contributed by atoms with E-state index in [1.54, 1.807) is 0 Å². The Hall–Kier alpha value is -2.63. The van der Waals surface area contributed by atoms with Crippen LogP contribution in [0.3, 0.4) is 0 Å². The van der Waals surface area contributed by atoms with Crippen molar-refractivity contribution in [1.82, 2.24) is 15.3 Å². The molecule has 33 heavy (non-hydrogen) atoms. The number of alkyl halides is 1. The molecule has 0 fully saturated rings. The van der Waals surface area contributed by atoms with Gasteiger partial charge >= 0.3 is 0 Å². The molecular weight excluding hydrogens is 436 g/mol. The van der Waals surface area contributed by atoms with E-state index in [2.05, 4.69) is 53.5 Å². The quantitative estimate of drug-likeness (QED) is 0.371. The normalized spacial score (nSPS) is 20.9. The number of aromatic nitrogens is 2. The second-order valence-corrected chi connectivity index (χ2v) is 9.52. The summed E-state index contributed by atoms with van der Waals surface area (Å²) in [5.74, 6) is -0.0403. The number of benzene rings is 1. The second-order valence-electron chi connectivity index (χ2n) is 8.07. The van der Waals surface area contributed by atoms with Gasteiger partial charge in [-0.3, -0.25) is 15.1 Å². The van der Waals surface area contributed by atoms with Crippen molar-refractivity contribution in [2.75, 3.05) is 5.32 Å². The summed E-state index contributed by atoms with van der Waals surface area (Å²) in [6.07, 6.45) is 9.76. The molecule has 0 saturated heterocycles. The zero-order chi connectivity index (χ0) is 23.8. The fourth-order valence-electron chi connectivity index (χ4n) is 3.50. The van der Waals surface area contributed by atoms with Crippen LogP contribution in [0.5, 0.6) is 0 Å². The minimum Gasteiger partial charge on any atom is -0.336 e. The van der Waals surface area contributed by atoms with E-state index in [-0.39, 0.29) is 29.3 Å². The van der Waals surface area contributed by atoms with Crippen LogP contribution in [0.15, 0.2) is 58.6 Å². The Morgan fingerprint density at radius 1 is 1.30 bits per heavy atom. The number of nitrogens with zero attached hydrogens (tertiary/aromatic N) is 2. The number of amides is 1. The number of allylic oxidation sites excluding steroid dienone is 3. The van der Waals surface area contributed by atoms with Crippen molar-refractivity contribution in [3.8, 4) is 0 Å². The summed E-state index contributed by atoms with van der Waals surface area (Å²) < 4.78 is 13.4. The number of anilines is 1. The van der Waals surface area contributed by atoms with E-state index in [0.29, 0.717) is 14.3 Å². The Balaban J connectivity index is 1.66. The lowest BCUT2D eigenvalue weighted by atomic mass is 10.1. The van der Waals surface area contributed by atoms with E-state index in [1.165, 1.54) is 18.4 Å². The maximum atomic E-state index is 13.4. The summed E-state index contributed by atoms with van der Waals surface area (Å²) in [4.78, 5) is 23.8. The smallest absolute Gasteiger partial charge is 0.273 e. The van der Waals surface area contributed by atoms with Crippen molar-refractivity contribution in [3.05, 3.63) is 70.7 Å². The van der Waals surface area contributed by atoms with Gasteiger partial charge in [-0.25, -0.2) is 9.37 Å². The van der Waals surface area contributed by atoms with Crippen molar-refractivity contribution in [2.45, 2.75) is 65.0 Å². The second kappa shape index (κ2) is 12.0. The molecule has 1 aliphatic rings. The van der Waals surface area contributed by atoms with Crippen LogP contribution in [0.2, 0.25) is 0 Å². The van der Waals surface area contributed by atoms with Gasteiger partial charge < -0.3 is 10.3 Å². The van der Waals surface area contributed by atoms with E-state index >= 15 is 0 Å². The van der Waals surface area contributed by atoms with Crippen LogP contribution in [0.1, 0.15) is 81.0 Å². The molecule has 2 aromatic rings. The molecule has 4 unspecified atom stereocenters. The first kappa shape index (κ1) is 25.0. The first-order valence-electron chi connectivity index (χ1n) is 11.5. The summed E-state index contributed by atoms with van der Waals surface area (Å²) in [6, 6.07) is 7.80. The summed E-state index contributed by atoms with van der Waals surface area (Å²) in [5, 5.41) is 7.84. The Morgan fingerprint density at radius 2 is 2.12 bits per heavy atom. The minimum absolute atomic E-state index is 0.0704. The molecule has 0 spiro atoms. The number of unbranched alkanes of at least 4 members (excludes halogenated alkanes) is 1. The largest absolute Gasteiger partial charge is 0.336 e. The highest BCUT2D eigenvalue weighted by Gasteiger charge is 2.20. The summed E-state index contributed by atoms with van der Waals surface area (Å²) >= 11 is 0. The molecule has 1 aromatic carbocycles. The standard InChI is InChI=1S/C25H33FN5OP/c1-5-7-12-22-20(9-6-2)27-15-23(33-22)29-17(4)18-10-8-11-19(13-18)30-25(32)21-14-28-24(31-21)16(3)26/h8-17,23,29,33H,5-7H2,1-4H3,(H,28,31)(H,30,32)/b20-9+,22-12-. The lowest BCUT2D eigenvalue weighted by molar-refractivity contribution is 0.102. The lowest BCUT2D eigenvalue weighted by Crippen LogP contribution is -2.30. The highest BCUT2D eigenvalue weighted by Crippen LogP contribution is 2.39. The average molecular weight is 470 g/mol. The Labute approximate surface area is 197 Å². The molecule has 1 amide bonds. The molecule has 8 heteroatoms. The highest BCUT2D eigenvalue weighted by atomic mass is 31.1. The maximum absolute atomic E-state index is 13.4. The number of rotatable bonds is 9. The van der Waals surface area contributed by atoms with Crippen LogP contribution in [-0.2, 0) is 0 Å². The SMILES string of the molecule is CC/C=C1/N=CC(NC(C)c2cccc(NC(=O)c3cnc(C(C)F)[nH]3)c2)P/C1=C\CCC. The molecule has 0 saturated carbocycles. The van der Waals surface area contributed by atoms with Crippen molar-refractivity contribution < 1.29 is 9.18 Å². The van der Waals surface area contributed by atoms with Gasteiger partial charge in [0.25, 0.3) is 5.91 Å². The predicted molar refractivity (Wildman–Crippen MR) is 136 cm³/mol. The molecule has 3 N–H and O–H groups in total. The Morgan fingerprint density at radius 3 is 2.82 bits per heavy atom. The maximum Gasteiger partial charge on any atom is 0.273 e. The van der Waals surface area contributed by atoms with Gasteiger partial charge in [0.1, 0.15) is 11.5 Å². The van der Waals surface area contributed by atoms with Crippen LogP contribution in [0, 0.1) is 0 Å². The van der Waals surface area contributed by atoms with Crippen LogP contribution in [0.25, 0.3) is 0 Å². The van der Waals surface area contributed by atoms with Crippen molar-refractivity contribution in [1.29, 1.82) is 0 Å². The first-order valence-corrected chi connectivity index (χ1v) is 12.6. The number of carbonyl (C=O) groups is 1. The van der Waals surface area contributed by atoms with Crippen molar-refractivity contribution in [2.24, 2.45) is 4.99 Å². The van der Waals surface area contributed by atoms with Gasteiger partial charge in [0.15, 0.2) is 6.17 Å². The molecule has 176 valence electrons. The average Bonchev–Trinajstić information content (AvgIpc) is 3.30. The molecule has 1 aliphatic heterocycles. The molecule has 2 heterocycles. The third-order valence-electron chi connectivity index (χ3n) is 5.28. The van der Waals surface area contributed by atoms with Gasteiger partial charge in [-0.05, 0) is 49.7 Å². The molecule has 1 aromatic heterocycles. The van der Waals surface area contributed by atoms with E-state index in [0.717, 1.165) is 30.5 Å². The number of hydrogen-bond acceptors (Lipinski definition) is 4. The monoisotopic (exact) mass is 469 g/mol. The van der Waals surface area contributed by atoms with Gasteiger partial charge in [-0.2, -0.15) is 0 Å². The number of H-pyrrole nitrogens is 1. The Kier molecular flexibility index (Phi) is 9.10. The van der Waals surface area contributed by atoms with Crippen LogP contribution in [0.4, 0.5) is 10.1 Å². The number of carbonyl (C=O) groups excluding carboxylic acids is 1. The zero-order valence-electron chi connectivity index (χ0n) is 19.7. The summed E-state index contributed by atoms with van der Waals surface area (Å²) in [6.45, 7) is 7.80. The topological polar surface area (TPSA) is 82.2 Å². The van der Waals surface area contributed by atoms with E-state index in [9.17, 15) is 9.18 Å². The molecule has 0 bridgehead atoms. The molecule has 0 aliphatic carbocycles. The summed E-state index contributed by atoms with van der Waals surface area (Å²) in [5.41, 5.74) is 3.06. The molecule has 3 rings (SSSR count). The van der Waals surface area contributed by atoms with Crippen molar-refractivity contribution >= 4 is 26.4 Å². The fraction of sp³-hybridized carbons (Fsp3) is 0.400. The van der Waals surface area contributed by atoms with Crippen LogP contribution in [-0.4, -0.2) is 27.9 Å². The zero-order valence-corrected chi connectivity index (χ0v) is 20.7. The Bertz CT molecular complexity index is 1040. The van der Waals surface area contributed by atoms with Crippen LogP contribution < -0.4 is 10.6 Å². The van der Waals surface area contributed by atoms with E-state index in [4.69, 9.17) is 4.99 Å². The van der Waals surface area contributed by atoms with Crippen molar-refractivity contribution in [3.63, 3.8) is 0 Å². The third kappa shape index (κ3) is 6.92. The summed E-state index contributed by atoms with van der Waals surface area (Å²) in [7, 11) is 0.617. The highest BCUT2D eigenvalue weighted by molar-refractivity contribution is 7.45. The number of nitrogens with one attached hydrogen (secondary N) is 3. The number of aromatic amines is 1. The van der Waals surface area contributed by atoms with Gasteiger partial charge in [-0.15, -0.1) is 0 Å². The van der Waals surface area contributed by atoms with Crippen LogP contribution >= 0.6 is 8.58 Å². The van der Waals surface area contributed by atoms with Gasteiger partial charge in [0.05, 0.1) is 17.7 Å². The molecule has 0 radical (unpaired) electrons. The van der Waals surface area contributed by atoms with Gasteiger partial charge in [0.2, 0.25) is 0 Å². The minimum atomic E-state index is -1.25. The van der Waals surface area contributed by atoms with Gasteiger partial charge in [-0.1, -0.05) is 53.1 Å². The van der Waals surface area contributed by atoms with E-state index < -0.39 is 6.17 Å². The molecular formula is C25H33FN5OP. The molecule has 6 nitrogen and oxygen atoms in total. The van der Waals surface area contributed by atoms with Gasteiger partial charge in [0, 0.05) is 17.9 Å². The molecule has 4 atom stereocenters. The number of aliphatic imine (C=N–C) groups is 1. The van der Waals surface area contributed by atoms with E-state index in [1.807, 2.05) is 30.5 Å². The number of halogens is 1. The first-order chi connectivity index (χ1) is 15.9. The third-order valence-corrected chi connectivity index (χ3v) is 6.67. The number of imidazole rings is 1. The number of hydrogen-bond donors (Lipinski definition) is 3. The fourth-order valence-corrected chi connectivity index (χ4v) is 4.89. The predicted octanol–water partition coefficient (Wildman–Crippen LogP) is 6.41. The lowest BCUT2D eigenvalue weighted by Gasteiger charge is -2.25.